The molecule has 3 rings (SSSR count). The highest BCUT2D eigenvalue weighted by Gasteiger charge is 2.12. The molecule has 1 aromatic heterocycles. The Morgan fingerprint density at radius 3 is 2.52 bits per heavy atom. The van der Waals surface area contributed by atoms with Gasteiger partial charge in [0.1, 0.15) is 0 Å². The number of hydrogen-bond donors (Lipinski definition) is 1. The molecule has 1 N–H and O–H groups in total. The van der Waals surface area contributed by atoms with Crippen molar-refractivity contribution in [2.75, 3.05) is 5.32 Å². The Bertz CT molecular complexity index is 810. The van der Waals surface area contributed by atoms with Gasteiger partial charge in [0.25, 0.3) is 5.91 Å². The molecule has 0 saturated heterocycles. The number of anilines is 1. The highest BCUT2D eigenvalue weighted by Crippen LogP contribution is 2.19. The number of rotatable bonds is 2. The maximum Gasteiger partial charge on any atom is 0.257 e. The van der Waals surface area contributed by atoms with Crippen LogP contribution in [0.3, 0.4) is 0 Å². The summed E-state index contributed by atoms with van der Waals surface area (Å²) in [5.74, 6) is -0.130. The number of pyridine rings is 1. The second-order valence-electron chi connectivity index (χ2n) is 5.14. The van der Waals surface area contributed by atoms with E-state index in [1.54, 1.807) is 0 Å². The molecule has 0 unspecified atom stereocenters. The van der Waals surface area contributed by atoms with Crippen LogP contribution in [-0.4, -0.2) is 10.9 Å². The van der Waals surface area contributed by atoms with Gasteiger partial charge in [-0.1, -0.05) is 29.8 Å². The van der Waals surface area contributed by atoms with Crippen LogP contribution in [0.1, 0.15) is 21.6 Å². The van der Waals surface area contributed by atoms with Crippen LogP contribution in [-0.2, 0) is 0 Å². The Morgan fingerprint density at radius 1 is 1.00 bits per heavy atom. The Hall–Kier alpha value is -2.68. The van der Waals surface area contributed by atoms with Crippen molar-refractivity contribution in [1.29, 1.82) is 0 Å². The highest BCUT2D eigenvalue weighted by atomic mass is 16.1. The van der Waals surface area contributed by atoms with Crippen LogP contribution in [0.25, 0.3) is 10.9 Å². The molecule has 0 aliphatic carbocycles. The van der Waals surface area contributed by atoms with Crippen molar-refractivity contribution >= 4 is 22.5 Å². The summed E-state index contributed by atoms with van der Waals surface area (Å²) >= 11 is 0. The number of nitrogens with zero attached hydrogens (tertiary/aromatic N) is 1. The minimum absolute atomic E-state index is 0.130. The second kappa shape index (κ2) is 5.37. The quantitative estimate of drug-likeness (QED) is 0.765. The number of hydrogen-bond acceptors (Lipinski definition) is 2. The zero-order valence-electron chi connectivity index (χ0n) is 12.1. The lowest BCUT2D eigenvalue weighted by atomic mass is 10.1. The van der Waals surface area contributed by atoms with E-state index in [1.165, 1.54) is 0 Å². The molecular formula is C18H16N2O. The summed E-state index contributed by atoms with van der Waals surface area (Å²) in [6.07, 6.45) is 0. The molecule has 3 aromatic rings. The summed E-state index contributed by atoms with van der Waals surface area (Å²) in [6, 6.07) is 17.4. The fourth-order valence-electron chi connectivity index (χ4n) is 2.34. The third-order valence-electron chi connectivity index (χ3n) is 3.44. The van der Waals surface area contributed by atoms with Gasteiger partial charge in [0.2, 0.25) is 0 Å². The predicted octanol–water partition coefficient (Wildman–Crippen LogP) is 4.10. The van der Waals surface area contributed by atoms with Crippen molar-refractivity contribution in [1.82, 2.24) is 4.98 Å². The first-order valence-electron chi connectivity index (χ1n) is 6.88. The first-order chi connectivity index (χ1) is 10.1. The molecule has 1 amide bonds. The van der Waals surface area contributed by atoms with Gasteiger partial charge in [-0.25, -0.2) is 0 Å². The summed E-state index contributed by atoms with van der Waals surface area (Å²) in [6.45, 7) is 3.89. The summed E-state index contributed by atoms with van der Waals surface area (Å²) in [4.78, 5) is 16.9. The average molecular weight is 276 g/mol. The largest absolute Gasteiger partial charge is 0.322 e. The van der Waals surface area contributed by atoms with Gasteiger partial charge in [0.05, 0.1) is 16.8 Å². The van der Waals surface area contributed by atoms with Crippen molar-refractivity contribution in [3.63, 3.8) is 0 Å². The van der Waals surface area contributed by atoms with Crippen LogP contribution in [0.15, 0.2) is 54.6 Å². The van der Waals surface area contributed by atoms with Crippen molar-refractivity contribution < 1.29 is 4.79 Å². The maximum atomic E-state index is 12.4. The minimum atomic E-state index is -0.130. The first kappa shape index (κ1) is 13.3. The second-order valence-corrected chi connectivity index (χ2v) is 5.14. The van der Waals surface area contributed by atoms with Gasteiger partial charge < -0.3 is 5.32 Å². The average Bonchev–Trinajstić information content (AvgIpc) is 2.48. The SMILES string of the molecule is Cc1ccc2nc(C)c(C(=O)Nc3ccccc3)cc2c1. The van der Waals surface area contributed by atoms with Gasteiger partial charge in [0, 0.05) is 11.1 Å². The van der Waals surface area contributed by atoms with Crippen LogP contribution in [0.2, 0.25) is 0 Å². The number of carbonyl (C=O) groups is 1. The first-order valence-corrected chi connectivity index (χ1v) is 6.88. The molecule has 0 aliphatic rings. The van der Waals surface area contributed by atoms with E-state index in [1.807, 2.05) is 68.4 Å². The Balaban J connectivity index is 1.99. The summed E-state index contributed by atoms with van der Waals surface area (Å²) in [5, 5.41) is 3.88. The lowest BCUT2D eigenvalue weighted by Crippen LogP contribution is -2.14. The van der Waals surface area contributed by atoms with Gasteiger partial charge in [0.15, 0.2) is 0 Å². The van der Waals surface area contributed by atoms with E-state index < -0.39 is 0 Å². The Labute approximate surface area is 123 Å². The van der Waals surface area contributed by atoms with Gasteiger partial charge in [-0.3, -0.25) is 9.78 Å². The van der Waals surface area contributed by atoms with Gasteiger partial charge in [-0.15, -0.1) is 0 Å². The number of aromatic nitrogens is 1. The minimum Gasteiger partial charge on any atom is -0.322 e. The molecule has 0 saturated carbocycles. The lowest BCUT2D eigenvalue weighted by molar-refractivity contribution is 0.102. The van der Waals surface area contributed by atoms with Gasteiger partial charge >= 0.3 is 0 Å². The standard InChI is InChI=1S/C18H16N2O/c1-12-8-9-17-14(10-12)11-16(13(2)19-17)18(21)20-15-6-4-3-5-7-15/h3-11H,1-2H3,(H,20,21). The molecule has 2 aromatic carbocycles. The molecule has 21 heavy (non-hydrogen) atoms. The summed E-state index contributed by atoms with van der Waals surface area (Å²) in [5.41, 5.74) is 4.19. The van der Waals surface area contributed by atoms with Crippen LogP contribution in [0.4, 0.5) is 5.69 Å². The van der Waals surface area contributed by atoms with Crippen LogP contribution in [0, 0.1) is 13.8 Å². The van der Waals surface area contributed by atoms with Crippen LogP contribution in [0.5, 0.6) is 0 Å². The van der Waals surface area contributed by atoms with E-state index in [-0.39, 0.29) is 5.91 Å². The van der Waals surface area contributed by atoms with Crippen molar-refractivity contribution in [2.45, 2.75) is 13.8 Å². The zero-order valence-corrected chi connectivity index (χ0v) is 12.1. The molecule has 0 spiro atoms. The molecule has 0 bridgehead atoms. The maximum absolute atomic E-state index is 12.4. The van der Waals surface area contributed by atoms with Gasteiger partial charge in [-0.2, -0.15) is 0 Å². The number of aryl methyl sites for hydroxylation is 2. The van der Waals surface area contributed by atoms with E-state index >= 15 is 0 Å². The smallest absolute Gasteiger partial charge is 0.257 e. The number of fused-ring (bicyclic) bond motifs is 1. The Morgan fingerprint density at radius 2 is 1.76 bits per heavy atom. The number of benzene rings is 2. The van der Waals surface area contributed by atoms with Crippen LogP contribution >= 0.6 is 0 Å². The monoisotopic (exact) mass is 276 g/mol. The number of para-hydroxylation sites is 1. The molecule has 104 valence electrons. The fraction of sp³-hybridized carbons (Fsp3) is 0.111. The topological polar surface area (TPSA) is 42.0 Å². The molecule has 1 heterocycles. The van der Waals surface area contributed by atoms with Crippen molar-refractivity contribution in [3.8, 4) is 0 Å². The molecule has 0 fully saturated rings. The molecule has 3 heteroatoms. The summed E-state index contributed by atoms with van der Waals surface area (Å²) < 4.78 is 0. The molecular weight excluding hydrogens is 260 g/mol. The normalized spacial score (nSPS) is 10.6. The van der Waals surface area contributed by atoms with Crippen molar-refractivity contribution in [2.24, 2.45) is 0 Å². The van der Waals surface area contributed by atoms with E-state index in [2.05, 4.69) is 10.3 Å². The van der Waals surface area contributed by atoms with Gasteiger partial charge in [-0.05, 0) is 44.2 Å². The zero-order chi connectivity index (χ0) is 14.8. The number of amides is 1. The Kier molecular flexibility index (Phi) is 3.40. The predicted molar refractivity (Wildman–Crippen MR) is 85.6 cm³/mol. The molecule has 0 radical (unpaired) electrons. The lowest BCUT2D eigenvalue weighted by Gasteiger charge is -2.09. The van der Waals surface area contributed by atoms with Crippen LogP contribution < -0.4 is 5.32 Å². The highest BCUT2D eigenvalue weighted by molar-refractivity contribution is 6.06. The van der Waals surface area contributed by atoms with Crippen molar-refractivity contribution in [3.05, 3.63) is 71.4 Å². The third kappa shape index (κ3) is 2.77. The van der Waals surface area contributed by atoms with E-state index in [4.69, 9.17) is 0 Å². The third-order valence-corrected chi connectivity index (χ3v) is 3.44. The number of carbonyl (C=O) groups excluding carboxylic acids is 1. The fourth-order valence-corrected chi connectivity index (χ4v) is 2.34. The van der Waals surface area contributed by atoms with E-state index in [0.29, 0.717) is 5.56 Å². The molecule has 3 nitrogen and oxygen atoms in total. The van der Waals surface area contributed by atoms with E-state index in [0.717, 1.165) is 27.8 Å². The summed E-state index contributed by atoms with van der Waals surface area (Å²) in [7, 11) is 0. The molecule has 0 aliphatic heterocycles. The van der Waals surface area contributed by atoms with E-state index in [9.17, 15) is 4.79 Å². The molecule has 0 atom stereocenters. The number of nitrogens with one attached hydrogen (secondary N) is 1.